The topological polar surface area (TPSA) is 35.0 Å². The van der Waals surface area contributed by atoms with Crippen LogP contribution in [0.15, 0.2) is 30.5 Å². The Morgan fingerprint density at radius 3 is 2.75 bits per heavy atom. The Hall–Kier alpha value is -1.61. The molecule has 0 aliphatic carbocycles. The van der Waals surface area contributed by atoms with E-state index in [2.05, 4.69) is 9.97 Å². The van der Waals surface area contributed by atoms with Crippen LogP contribution in [0.2, 0.25) is 5.28 Å². The van der Waals surface area contributed by atoms with Gasteiger partial charge in [-0.1, -0.05) is 12.1 Å². The molecule has 1 aromatic carbocycles. The Labute approximate surface area is 99.1 Å². The van der Waals surface area contributed by atoms with E-state index >= 15 is 0 Å². The Kier molecular flexibility index (Phi) is 3.06. The molecule has 0 radical (unpaired) electrons. The lowest BCUT2D eigenvalue weighted by Gasteiger charge is -2.09. The van der Waals surface area contributed by atoms with Crippen molar-refractivity contribution < 1.29 is 4.74 Å². The van der Waals surface area contributed by atoms with Gasteiger partial charge in [0.2, 0.25) is 5.28 Å². The van der Waals surface area contributed by atoms with Crippen molar-refractivity contribution in [3.8, 4) is 17.0 Å². The molecule has 0 fully saturated rings. The van der Waals surface area contributed by atoms with E-state index in [0.29, 0.717) is 0 Å². The number of methoxy groups -OCH3 is 1. The Balaban J connectivity index is 2.62. The fourth-order valence-corrected chi connectivity index (χ4v) is 1.67. The second-order valence-electron chi connectivity index (χ2n) is 3.37. The maximum Gasteiger partial charge on any atom is 0.222 e. The van der Waals surface area contributed by atoms with Gasteiger partial charge in [0.15, 0.2) is 0 Å². The van der Waals surface area contributed by atoms with E-state index in [1.54, 1.807) is 13.3 Å². The van der Waals surface area contributed by atoms with Crippen LogP contribution < -0.4 is 4.74 Å². The molecule has 2 aromatic rings. The van der Waals surface area contributed by atoms with Crippen molar-refractivity contribution in [2.75, 3.05) is 7.11 Å². The standard InChI is InChI=1S/C12H11ClN2O/c1-8-7-14-12(13)15-11(8)9-5-3-4-6-10(9)16-2/h3-7H,1-2H3. The van der Waals surface area contributed by atoms with Crippen LogP contribution >= 0.6 is 11.6 Å². The summed E-state index contributed by atoms with van der Waals surface area (Å²) in [5.41, 5.74) is 2.69. The van der Waals surface area contributed by atoms with Gasteiger partial charge in [-0.15, -0.1) is 0 Å². The van der Waals surface area contributed by atoms with E-state index in [1.165, 1.54) is 0 Å². The van der Waals surface area contributed by atoms with Gasteiger partial charge in [-0.25, -0.2) is 9.97 Å². The zero-order valence-corrected chi connectivity index (χ0v) is 9.82. The molecule has 4 heteroatoms. The van der Waals surface area contributed by atoms with Gasteiger partial charge in [0.1, 0.15) is 5.75 Å². The zero-order chi connectivity index (χ0) is 11.5. The van der Waals surface area contributed by atoms with Gasteiger partial charge in [-0.2, -0.15) is 0 Å². The van der Waals surface area contributed by atoms with Gasteiger partial charge in [0.25, 0.3) is 0 Å². The fourth-order valence-electron chi connectivity index (χ4n) is 1.53. The molecule has 0 atom stereocenters. The van der Waals surface area contributed by atoms with Gasteiger partial charge in [0.05, 0.1) is 12.8 Å². The first kappa shape index (κ1) is 10.9. The van der Waals surface area contributed by atoms with Crippen molar-refractivity contribution in [2.24, 2.45) is 0 Å². The summed E-state index contributed by atoms with van der Waals surface area (Å²) in [4.78, 5) is 8.16. The number of hydrogen-bond donors (Lipinski definition) is 0. The minimum absolute atomic E-state index is 0.242. The molecule has 0 N–H and O–H groups in total. The molecule has 0 saturated carbocycles. The predicted molar refractivity (Wildman–Crippen MR) is 63.8 cm³/mol. The normalized spacial score (nSPS) is 10.2. The van der Waals surface area contributed by atoms with Gasteiger partial charge in [0, 0.05) is 11.8 Å². The molecule has 0 unspecified atom stereocenters. The molecule has 1 aromatic heterocycles. The Morgan fingerprint density at radius 2 is 2.00 bits per heavy atom. The maximum absolute atomic E-state index is 5.80. The molecule has 0 aliphatic heterocycles. The summed E-state index contributed by atoms with van der Waals surface area (Å²) < 4.78 is 5.29. The third-order valence-electron chi connectivity index (χ3n) is 2.30. The second kappa shape index (κ2) is 4.49. The van der Waals surface area contributed by atoms with E-state index in [0.717, 1.165) is 22.6 Å². The monoisotopic (exact) mass is 234 g/mol. The molecule has 2 rings (SSSR count). The van der Waals surface area contributed by atoms with Crippen LogP contribution in [0.5, 0.6) is 5.75 Å². The van der Waals surface area contributed by atoms with E-state index < -0.39 is 0 Å². The second-order valence-corrected chi connectivity index (χ2v) is 3.71. The summed E-state index contributed by atoms with van der Waals surface area (Å²) in [6.45, 7) is 1.94. The minimum atomic E-state index is 0.242. The van der Waals surface area contributed by atoms with Crippen molar-refractivity contribution >= 4 is 11.6 Å². The lowest BCUT2D eigenvalue weighted by Crippen LogP contribution is -1.94. The summed E-state index contributed by atoms with van der Waals surface area (Å²) in [6, 6.07) is 7.70. The smallest absolute Gasteiger partial charge is 0.222 e. The molecule has 0 aliphatic rings. The number of hydrogen-bond acceptors (Lipinski definition) is 3. The SMILES string of the molecule is COc1ccccc1-c1nc(Cl)ncc1C. The van der Waals surface area contributed by atoms with Crippen molar-refractivity contribution in [3.05, 3.63) is 41.3 Å². The largest absolute Gasteiger partial charge is 0.496 e. The van der Waals surface area contributed by atoms with Crippen molar-refractivity contribution in [3.63, 3.8) is 0 Å². The number of ether oxygens (including phenoxy) is 1. The third kappa shape index (κ3) is 1.99. The quantitative estimate of drug-likeness (QED) is 0.749. The molecular formula is C12H11ClN2O. The van der Waals surface area contributed by atoms with E-state index in [-0.39, 0.29) is 5.28 Å². The Bertz CT molecular complexity index is 514. The van der Waals surface area contributed by atoms with Crippen LogP contribution in [0.4, 0.5) is 0 Å². The average Bonchev–Trinajstić information content (AvgIpc) is 2.32. The molecule has 16 heavy (non-hydrogen) atoms. The molecule has 82 valence electrons. The van der Waals surface area contributed by atoms with E-state index in [1.807, 2.05) is 31.2 Å². The maximum atomic E-state index is 5.80. The number of benzene rings is 1. The first-order chi connectivity index (χ1) is 7.72. The van der Waals surface area contributed by atoms with E-state index in [4.69, 9.17) is 16.3 Å². The summed E-state index contributed by atoms with van der Waals surface area (Å²) in [6.07, 6.45) is 1.71. The number of nitrogens with zero attached hydrogens (tertiary/aromatic N) is 2. The van der Waals surface area contributed by atoms with Gasteiger partial charge < -0.3 is 4.74 Å². The van der Waals surface area contributed by atoms with Crippen LogP contribution in [0.3, 0.4) is 0 Å². The molecule has 0 amide bonds. The highest BCUT2D eigenvalue weighted by Gasteiger charge is 2.10. The molecule has 3 nitrogen and oxygen atoms in total. The summed E-state index contributed by atoms with van der Waals surface area (Å²) in [5.74, 6) is 0.778. The number of halogens is 1. The molecule has 0 bridgehead atoms. The van der Waals surface area contributed by atoms with Crippen LogP contribution in [0.25, 0.3) is 11.3 Å². The van der Waals surface area contributed by atoms with Gasteiger partial charge in [-0.3, -0.25) is 0 Å². The Morgan fingerprint density at radius 1 is 1.25 bits per heavy atom. The molecular weight excluding hydrogens is 224 g/mol. The molecule has 0 saturated heterocycles. The highest BCUT2D eigenvalue weighted by Crippen LogP contribution is 2.30. The lowest BCUT2D eigenvalue weighted by atomic mass is 10.1. The first-order valence-electron chi connectivity index (χ1n) is 4.85. The first-order valence-corrected chi connectivity index (χ1v) is 5.22. The van der Waals surface area contributed by atoms with Crippen LogP contribution in [-0.2, 0) is 0 Å². The van der Waals surface area contributed by atoms with Gasteiger partial charge >= 0.3 is 0 Å². The van der Waals surface area contributed by atoms with Crippen LogP contribution in [0, 0.1) is 6.92 Å². The number of aryl methyl sites for hydroxylation is 1. The number of aromatic nitrogens is 2. The average molecular weight is 235 g/mol. The molecule has 0 spiro atoms. The summed E-state index contributed by atoms with van der Waals surface area (Å²) in [7, 11) is 1.64. The predicted octanol–water partition coefficient (Wildman–Crippen LogP) is 3.11. The summed E-state index contributed by atoms with van der Waals surface area (Å²) in [5, 5.41) is 0.242. The number of para-hydroxylation sites is 1. The highest BCUT2D eigenvalue weighted by molar-refractivity contribution is 6.28. The van der Waals surface area contributed by atoms with Crippen molar-refractivity contribution in [1.82, 2.24) is 9.97 Å². The lowest BCUT2D eigenvalue weighted by molar-refractivity contribution is 0.416. The third-order valence-corrected chi connectivity index (χ3v) is 2.49. The zero-order valence-electron chi connectivity index (χ0n) is 9.07. The van der Waals surface area contributed by atoms with E-state index in [9.17, 15) is 0 Å². The van der Waals surface area contributed by atoms with Gasteiger partial charge in [-0.05, 0) is 36.2 Å². The highest BCUT2D eigenvalue weighted by atomic mass is 35.5. The van der Waals surface area contributed by atoms with Crippen molar-refractivity contribution in [1.29, 1.82) is 0 Å². The fraction of sp³-hybridized carbons (Fsp3) is 0.167. The minimum Gasteiger partial charge on any atom is -0.496 e. The number of rotatable bonds is 2. The summed E-state index contributed by atoms with van der Waals surface area (Å²) >= 11 is 5.80. The van der Waals surface area contributed by atoms with Crippen LogP contribution in [-0.4, -0.2) is 17.1 Å². The van der Waals surface area contributed by atoms with Crippen LogP contribution in [0.1, 0.15) is 5.56 Å². The molecule has 1 heterocycles. The van der Waals surface area contributed by atoms with Crippen molar-refractivity contribution in [2.45, 2.75) is 6.92 Å².